The van der Waals surface area contributed by atoms with E-state index >= 15 is 0 Å². The lowest BCUT2D eigenvalue weighted by Crippen LogP contribution is -2.31. The van der Waals surface area contributed by atoms with Gasteiger partial charge in [0.25, 0.3) is 0 Å². The lowest BCUT2D eigenvalue weighted by molar-refractivity contribution is -0.159. The van der Waals surface area contributed by atoms with E-state index in [1.54, 1.807) is 6.92 Å². The van der Waals surface area contributed by atoms with Crippen molar-refractivity contribution < 1.29 is 47.8 Å². The second-order valence-corrected chi connectivity index (χ2v) is 11.7. The highest BCUT2D eigenvalue weighted by atomic mass is 16.6. The molecule has 0 amide bonds. The maximum Gasteiger partial charge on any atom is 0.311 e. The fourth-order valence-corrected chi connectivity index (χ4v) is 2.97. The number of hydrogen-bond donors (Lipinski definition) is 1. The average Bonchev–Trinajstić information content (AvgIpc) is 2.91. The zero-order valence-corrected chi connectivity index (χ0v) is 27.1. The van der Waals surface area contributed by atoms with Gasteiger partial charge in [-0.1, -0.05) is 6.92 Å². The molecule has 0 spiro atoms. The minimum atomic E-state index is -0.485. The molecule has 0 fully saturated rings. The fraction of sp³-hybridized carbons (Fsp3) is 0.967. The number of esters is 1. The van der Waals surface area contributed by atoms with Crippen molar-refractivity contribution in [3.05, 3.63) is 0 Å². The monoisotopic (exact) mass is 580 g/mol. The Hall–Kier alpha value is -0.850. The number of aliphatic hydroxyl groups excluding tert-OH is 1. The molecule has 0 aliphatic heterocycles. The molecular weight excluding hydrogens is 520 g/mol. The van der Waals surface area contributed by atoms with E-state index in [4.69, 9.17) is 37.9 Å². The van der Waals surface area contributed by atoms with Crippen molar-refractivity contribution in [2.24, 2.45) is 5.41 Å². The molecular formula is C30H60O10. The maximum absolute atomic E-state index is 12.1. The lowest BCUT2D eigenvalue weighted by atomic mass is 9.91. The first-order chi connectivity index (χ1) is 18.7. The Morgan fingerprint density at radius 1 is 0.525 bits per heavy atom. The van der Waals surface area contributed by atoms with E-state index in [1.807, 2.05) is 69.2 Å². The van der Waals surface area contributed by atoms with Gasteiger partial charge < -0.3 is 43.0 Å². The van der Waals surface area contributed by atoms with Crippen molar-refractivity contribution >= 4 is 5.97 Å². The van der Waals surface area contributed by atoms with E-state index < -0.39 is 11.5 Å². The number of hydrogen-bond acceptors (Lipinski definition) is 10. The first-order valence-corrected chi connectivity index (χ1v) is 14.8. The van der Waals surface area contributed by atoms with E-state index in [2.05, 4.69) is 0 Å². The predicted octanol–water partition coefficient (Wildman–Crippen LogP) is 4.18. The van der Waals surface area contributed by atoms with Gasteiger partial charge in [0.2, 0.25) is 0 Å². The van der Waals surface area contributed by atoms with Crippen LogP contribution < -0.4 is 0 Å². The summed E-state index contributed by atoms with van der Waals surface area (Å²) in [4.78, 5) is 12.1. The number of ether oxygens (including phenoxy) is 8. The van der Waals surface area contributed by atoms with Gasteiger partial charge in [-0.25, -0.2) is 0 Å². The van der Waals surface area contributed by atoms with E-state index in [0.29, 0.717) is 46.2 Å². The number of aliphatic hydroxyl groups is 1. The maximum atomic E-state index is 12.1. The second kappa shape index (κ2) is 21.8. The van der Waals surface area contributed by atoms with Crippen molar-refractivity contribution in [3.63, 3.8) is 0 Å². The molecule has 0 radical (unpaired) electrons. The smallest absolute Gasteiger partial charge is 0.311 e. The Labute approximate surface area is 243 Å². The zero-order chi connectivity index (χ0) is 30.7. The largest absolute Gasteiger partial charge is 0.463 e. The van der Waals surface area contributed by atoms with Gasteiger partial charge in [-0.3, -0.25) is 4.79 Å². The molecule has 10 heteroatoms. The summed E-state index contributed by atoms with van der Waals surface area (Å²) in [6, 6.07) is 0. The minimum Gasteiger partial charge on any atom is -0.463 e. The quantitative estimate of drug-likeness (QED) is 0.158. The molecule has 0 aromatic heterocycles. The zero-order valence-electron chi connectivity index (χ0n) is 27.1. The van der Waals surface area contributed by atoms with Crippen molar-refractivity contribution in [1.82, 2.24) is 0 Å². The SMILES string of the molecule is CCC(C)(C)C(=O)OCC(C)OCC(C)OCC(C)OCC(C)OCC(C)OCC(C)OCC(C)OCC(C)O. The summed E-state index contributed by atoms with van der Waals surface area (Å²) in [6.45, 7) is 24.1. The van der Waals surface area contributed by atoms with Gasteiger partial charge in [-0.2, -0.15) is 0 Å². The third-order valence-corrected chi connectivity index (χ3v) is 6.20. The molecule has 10 nitrogen and oxygen atoms in total. The number of rotatable bonds is 25. The van der Waals surface area contributed by atoms with E-state index in [0.717, 1.165) is 6.42 Å². The minimum absolute atomic E-state index is 0.0756. The summed E-state index contributed by atoms with van der Waals surface area (Å²) in [6.07, 6.45) is -0.511. The van der Waals surface area contributed by atoms with Gasteiger partial charge in [-0.15, -0.1) is 0 Å². The van der Waals surface area contributed by atoms with Crippen molar-refractivity contribution in [2.45, 2.75) is 131 Å². The van der Waals surface area contributed by atoms with Crippen LogP contribution in [-0.2, 0) is 42.7 Å². The normalized spacial score (nSPS) is 18.4. The summed E-state index contributed by atoms with van der Waals surface area (Å²) < 4.78 is 45.8. The van der Waals surface area contributed by atoms with Crippen LogP contribution in [0.4, 0.5) is 0 Å². The van der Waals surface area contributed by atoms with Crippen LogP contribution >= 0.6 is 0 Å². The highest BCUT2D eigenvalue weighted by molar-refractivity contribution is 5.75. The fourth-order valence-electron chi connectivity index (χ4n) is 2.97. The van der Waals surface area contributed by atoms with Crippen LogP contribution in [0, 0.1) is 5.41 Å². The summed E-state index contributed by atoms with van der Waals surface area (Å²) in [5.41, 5.74) is -0.481. The third kappa shape index (κ3) is 20.9. The van der Waals surface area contributed by atoms with Crippen LogP contribution in [0.1, 0.15) is 82.6 Å². The van der Waals surface area contributed by atoms with E-state index in [9.17, 15) is 9.90 Å². The number of carbonyl (C=O) groups is 1. The summed E-state index contributed by atoms with van der Waals surface area (Å²) in [5.74, 6) is -0.206. The Balaban J connectivity index is 3.94. The molecule has 1 N–H and O–H groups in total. The van der Waals surface area contributed by atoms with Gasteiger partial charge in [0.1, 0.15) is 6.61 Å². The first-order valence-electron chi connectivity index (χ1n) is 14.8. The second-order valence-electron chi connectivity index (χ2n) is 11.7. The number of carbonyl (C=O) groups excluding carboxylic acids is 1. The molecule has 0 aliphatic carbocycles. The van der Waals surface area contributed by atoms with E-state index in [-0.39, 0.29) is 55.3 Å². The molecule has 0 rings (SSSR count). The molecule has 0 saturated heterocycles. The van der Waals surface area contributed by atoms with Crippen LogP contribution in [0.5, 0.6) is 0 Å². The van der Waals surface area contributed by atoms with Gasteiger partial charge in [0, 0.05) is 0 Å². The summed E-state index contributed by atoms with van der Waals surface area (Å²) in [7, 11) is 0. The lowest BCUT2D eigenvalue weighted by Gasteiger charge is -2.23. The molecule has 0 saturated carbocycles. The highest BCUT2D eigenvalue weighted by Gasteiger charge is 2.27. The van der Waals surface area contributed by atoms with Gasteiger partial charge in [0.05, 0.1) is 100 Å². The Morgan fingerprint density at radius 3 is 1.02 bits per heavy atom. The topological polar surface area (TPSA) is 111 Å². The van der Waals surface area contributed by atoms with Gasteiger partial charge >= 0.3 is 5.97 Å². The average molecular weight is 581 g/mol. The standard InChI is InChI=1S/C30H60O10/c1-12-30(10,11)29(32)40-20-28(9)39-19-27(8)38-18-26(7)37-17-25(6)36-16-24(5)35-15-23(4)34-14-22(3)33-13-21(2)31/h21-28,31H,12-20H2,1-11H3. The first kappa shape index (κ1) is 39.1. The molecule has 8 atom stereocenters. The Bertz CT molecular complexity index is 630. The highest BCUT2D eigenvalue weighted by Crippen LogP contribution is 2.21. The molecule has 0 aromatic carbocycles. The summed E-state index contributed by atoms with van der Waals surface area (Å²) >= 11 is 0. The van der Waals surface area contributed by atoms with Crippen molar-refractivity contribution in [2.75, 3.05) is 52.9 Å². The molecule has 0 aliphatic rings. The molecule has 0 aromatic rings. The predicted molar refractivity (Wildman–Crippen MR) is 155 cm³/mol. The van der Waals surface area contributed by atoms with Crippen molar-refractivity contribution in [3.8, 4) is 0 Å². The van der Waals surface area contributed by atoms with Crippen molar-refractivity contribution in [1.29, 1.82) is 0 Å². The third-order valence-electron chi connectivity index (χ3n) is 6.20. The molecule has 40 heavy (non-hydrogen) atoms. The van der Waals surface area contributed by atoms with E-state index in [1.165, 1.54) is 0 Å². The van der Waals surface area contributed by atoms with Crippen LogP contribution in [0.25, 0.3) is 0 Å². The van der Waals surface area contributed by atoms with Gasteiger partial charge in [-0.05, 0) is 75.7 Å². The molecule has 0 heterocycles. The van der Waals surface area contributed by atoms with Crippen LogP contribution in [0.15, 0.2) is 0 Å². The van der Waals surface area contributed by atoms with Crippen LogP contribution in [-0.4, -0.2) is 113 Å². The molecule has 8 unspecified atom stereocenters. The van der Waals surface area contributed by atoms with Crippen LogP contribution in [0.3, 0.4) is 0 Å². The molecule has 240 valence electrons. The van der Waals surface area contributed by atoms with Crippen LogP contribution in [0.2, 0.25) is 0 Å². The molecule has 0 bridgehead atoms. The summed E-state index contributed by atoms with van der Waals surface area (Å²) in [5, 5.41) is 9.27. The Morgan fingerprint density at radius 2 is 0.775 bits per heavy atom. The van der Waals surface area contributed by atoms with Gasteiger partial charge in [0.15, 0.2) is 0 Å². The Kier molecular flexibility index (Phi) is 21.3.